The highest BCUT2D eigenvalue weighted by Gasteiger charge is 2.10. The van der Waals surface area contributed by atoms with Crippen LogP contribution in [0, 0.1) is 12.7 Å². The van der Waals surface area contributed by atoms with E-state index in [1.54, 1.807) is 0 Å². The lowest BCUT2D eigenvalue weighted by Gasteiger charge is -2.10. The molecule has 0 saturated heterocycles. The van der Waals surface area contributed by atoms with Gasteiger partial charge < -0.3 is 10.3 Å². The van der Waals surface area contributed by atoms with Gasteiger partial charge in [0, 0.05) is 15.5 Å². The molecule has 0 bridgehead atoms. The molecule has 2 N–H and O–H groups in total. The largest absolute Gasteiger partial charge is 0.347 e. The molecule has 0 saturated carbocycles. The number of H-pyrrole nitrogens is 1. The van der Waals surface area contributed by atoms with Crippen LogP contribution >= 0.6 is 27.5 Å². The van der Waals surface area contributed by atoms with Crippen molar-refractivity contribution in [2.75, 3.05) is 5.32 Å². The zero-order valence-electron chi connectivity index (χ0n) is 11.4. The molecule has 0 atom stereocenters. The summed E-state index contributed by atoms with van der Waals surface area (Å²) < 4.78 is 14.1. The SMILES string of the molecule is Cc1cc(Br)cc2c(Nc3ccc(F)c(Cl)c3)nc(=O)[nH]c12. The lowest BCUT2D eigenvalue weighted by atomic mass is 10.1. The van der Waals surface area contributed by atoms with Crippen molar-refractivity contribution in [2.24, 2.45) is 0 Å². The molecule has 3 aromatic rings. The Morgan fingerprint density at radius 1 is 1.32 bits per heavy atom. The minimum absolute atomic E-state index is 0.00323. The number of halogens is 3. The molecule has 1 heterocycles. The van der Waals surface area contributed by atoms with Gasteiger partial charge in [0.25, 0.3) is 0 Å². The van der Waals surface area contributed by atoms with Crippen molar-refractivity contribution in [1.29, 1.82) is 0 Å². The average Bonchev–Trinajstić information content (AvgIpc) is 2.44. The van der Waals surface area contributed by atoms with E-state index in [9.17, 15) is 9.18 Å². The normalized spacial score (nSPS) is 10.9. The Bertz CT molecular complexity index is 942. The van der Waals surface area contributed by atoms with Gasteiger partial charge in [-0.2, -0.15) is 4.98 Å². The number of aromatic nitrogens is 2. The summed E-state index contributed by atoms with van der Waals surface area (Å²) in [6.07, 6.45) is 0. The maximum atomic E-state index is 13.2. The summed E-state index contributed by atoms with van der Waals surface area (Å²) in [6.45, 7) is 1.89. The van der Waals surface area contributed by atoms with Gasteiger partial charge >= 0.3 is 5.69 Å². The van der Waals surface area contributed by atoms with Crippen LogP contribution in [-0.2, 0) is 0 Å². The molecule has 3 rings (SSSR count). The molecular formula is C15H10BrClFN3O. The molecular weight excluding hydrogens is 373 g/mol. The Balaban J connectivity index is 2.17. The molecule has 1 aromatic heterocycles. The topological polar surface area (TPSA) is 57.8 Å². The molecule has 7 heteroatoms. The van der Waals surface area contributed by atoms with Gasteiger partial charge in [0.15, 0.2) is 0 Å². The van der Waals surface area contributed by atoms with Crippen molar-refractivity contribution in [3.05, 3.63) is 61.7 Å². The molecule has 0 aliphatic carbocycles. The Morgan fingerprint density at radius 3 is 2.82 bits per heavy atom. The van der Waals surface area contributed by atoms with Crippen LogP contribution in [0.25, 0.3) is 10.9 Å². The third-order valence-electron chi connectivity index (χ3n) is 3.18. The first-order valence-corrected chi connectivity index (χ1v) is 7.53. The van der Waals surface area contributed by atoms with Crippen LogP contribution < -0.4 is 11.0 Å². The van der Waals surface area contributed by atoms with Crippen LogP contribution in [0.5, 0.6) is 0 Å². The van der Waals surface area contributed by atoms with E-state index in [-0.39, 0.29) is 5.02 Å². The van der Waals surface area contributed by atoms with E-state index in [1.165, 1.54) is 18.2 Å². The van der Waals surface area contributed by atoms with E-state index in [1.807, 2.05) is 19.1 Å². The maximum absolute atomic E-state index is 13.2. The third kappa shape index (κ3) is 2.84. The maximum Gasteiger partial charge on any atom is 0.347 e. The molecule has 0 spiro atoms. The molecule has 112 valence electrons. The fourth-order valence-corrected chi connectivity index (χ4v) is 2.95. The zero-order valence-corrected chi connectivity index (χ0v) is 13.7. The number of hydrogen-bond donors (Lipinski definition) is 2. The second-order valence-corrected chi connectivity index (χ2v) is 6.11. The third-order valence-corrected chi connectivity index (χ3v) is 3.93. The van der Waals surface area contributed by atoms with Crippen LogP contribution in [0.4, 0.5) is 15.9 Å². The molecule has 22 heavy (non-hydrogen) atoms. The Hall–Kier alpha value is -1.92. The molecule has 0 amide bonds. The number of nitrogens with zero attached hydrogens (tertiary/aromatic N) is 1. The molecule has 0 radical (unpaired) electrons. The van der Waals surface area contributed by atoms with E-state index < -0.39 is 11.5 Å². The summed E-state index contributed by atoms with van der Waals surface area (Å²) in [4.78, 5) is 18.4. The fourth-order valence-electron chi connectivity index (χ4n) is 2.20. The lowest BCUT2D eigenvalue weighted by molar-refractivity contribution is 0.628. The number of anilines is 2. The highest BCUT2D eigenvalue weighted by molar-refractivity contribution is 9.10. The highest BCUT2D eigenvalue weighted by Crippen LogP contribution is 2.28. The van der Waals surface area contributed by atoms with Crippen molar-refractivity contribution >= 4 is 49.9 Å². The van der Waals surface area contributed by atoms with E-state index in [0.29, 0.717) is 17.0 Å². The Morgan fingerprint density at radius 2 is 2.09 bits per heavy atom. The summed E-state index contributed by atoms with van der Waals surface area (Å²) in [5.41, 5.74) is 1.68. The van der Waals surface area contributed by atoms with Crippen LogP contribution in [0.15, 0.2) is 39.6 Å². The summed E-state index contributed by atoms with van der Waals surface area (Å²) in [5, 5.41) is 3.75. The molecule has 0 fully saturated rings. The summed E-state index contributed by atoms with van der Waals surface area (Å²) >= 11 is 9.19. The first-order valence-electron chi connectivity index (χ1n) is 6.36. The van der Waals surface area contributed by atoms with Gasteiger partial charge in [-0.3, -0.25) is 0 Å². The van der Waals surface area contributed by atoms with E-state index >= 15 is 0 Å². The standard InChI is InChI=1S/C15H10BrClFN3O/c1-7-4-8(16)5-10-13(7)20-15(22)21-14(10)19-9-2-3-12(18)11(17)6-9/h2-6H,1H3,(H2,19,20,21,22). The van der Waals surface area contributed by atoms with Gasteiger partial charge in [-0.15, -0.1) is 0 Å². The fraction of sp³-hybridized carbons (Fsp3) is 0.0667. The molecule has 0 aliphatic rings. The number of rotatable bonds is 2. The smallest absolute Gasteiger partial charge is 0.339 e. The summed E-state index contributed by atoms with van der Waals surface area (Å²) in [6, 6.07) is 7.97. The van der Waals surface area contributed by atoms with Gasteiger partial charge in [-0.25, -0.2) is 9.18 Å². The van der Waals surface area contributed by atoms with Gasteiger partial charge in [0.1, 0.15) is 11.6 Å². The van der Waals surface area contributed by atoms with Gasteiger partial charge in [0.05, 0.1) is 10.5 Å². The molecule has 0 aliphatic heterocycles. The quantitative estimate of drug-likeness (QED) is 0.684. The Kier molecular flexibility index (Phi) is 3.88. The van der Waals surface area contributed by atoms with Gasteiger partial charge in [0.2, 0.25) is 0 Å². The average molecular weight is 383 g/mol. The predicted molar refractivity (Wildman–Crippen MR) is 89.5 cm³/mol. The van der Waals surface area contributed by atoms with Crippen LogP contribution in [0.1, 0.15) is 5.56 Å². The van der Waals surface area contributed by atoms with Crippen molar-refractivity contribution < 1.29 is 4.39 Å². The summed E-state index contributed by atoms with van der Waals surface area (Å²) in [5.74, 6) is -0.125. The molecule has 4 nitrogen and oxygen atoms in total. The lowest BCUT2D eigenvalue weighted by Crippen LogP contribution is -2.13. The van der Waals surface area contributed by atoms with Crippen molar-refractivity contribution in [2.45, 2.75) is 6.92 Å². The van der Waals surface area contributed by atoms with E-state index in [4.69, 9.17) is 11.6 Å². The van der Waals surface area contributed by atoms with Crippen molar-refractivity contribution in [3.8, 4) is 0 Å². The second-order valence-electron chi connectivity index (χ2n) is 4.79. The van der Waals surface area contributed by atoms with Crippen molar-refractivity contribution in [3.63, 3.8) is 0 Å². The number of aryl methyl sites for hydroxylation is 1. The van der Waals surface area contributed by atoms with Gasteiger partial charge in [-0.05, 0) is 42.8 Å². The number of aromatic amines is 1. The second kappa shape index (κ2) is 5.70. The first-order chi connectivity index (χ1) is 10.4. The first kappa shape index (κ1) is 15.0. The summed E-state index contributed by atoms with van der Waals surface area (Å²) in [7, 11) is 0. The predicted octanol–water partition coefficient (Wildman–Crippen LogP) is 4.53. The number of nitrogens with one attached hydrogen (secondary N) is 2. The number of fused-ring (bicyclic) bond motifs is 1. The van der Waals surface area contributed by atoms with Crippen molar-refractivity contribution in [1.82, 2.24) is 9.97 Å². The van der Waals surface area contributed by atoms with E-state index in [0.717, 1.165) is 15.4 Å². The minimum Gasteiger partial charge on any atom is -0.339 e. The number of benzene rings is 2. The Labute approximate surface area is 138 Å². The number of hydrogen-bond acceptors (Lipinski definition) is 3. The minimum atomic E-state index is -0.505. The van der Waals surface area contributed by atoms with Crippen LogP contribution in [0.3, 0.4) is 0 Å². The molecule has 0 unspecified atom stereocenters. The van der Waals surface area contributed by atoms with E-state index in [2.05, 4.69) is 31.2 Å². The van der Waals surface area contributed by atoms with Crippen LogP contribution in [-0.4, -0.2) is 9.97 Å². The highest BCUT2D eigenvalue weighted by atomic mass is 79.9. The monoisotopic (exact) mass is 381 g/mol. The van der Waals surface area contributed by atoms with Crippen LogP contribution in [0.2, 0.25) is 5.02 Å². The molecule has 2 aromatic carbocycles. The zero-order chi connectivity index (χ0) is 15.9. The van der Waals surface area contributed by atoms with Gasteiger partial charge in [-0.1, -0.05) is 27.5 Å².